The number of aliphatic imine (C=N–C) groups is 1. The van der Waals surface area contributed by atoms with Crippen LogP contribution in [0.2, 0.25) is 0 Å². The second kappa shape index (κ2) is 10.3. The second-order valence-electron chi connectivity index (χ2n) is 4.63. The van der Waals surface area contributed by atoms with Gasteiger partial charge in [-0.2, -0.15) is 11.8 Å². The first-order chi connectivity index (χ1) is 8.86. The minimum Gasteiger partial charge on any atom is -0.356 e. The molecule has 4 heteroatoms. The molecule has 0 aliphatic heterocycles. The zero-order valence-electron chi connectivity index (χ0n) is 11.8. The SMILES string of the molecule is CN=C(NCCCSC)NCCC1=CCCCC1. The molecule has 104 valence electrons. The van der Waals surface area contributed by atoms with E-state index < -0.39 is 0 Å². The fourth-order valence-electron chi connectivity index (χ4n) is 2.12. The third-order valence-corrected chi connectivity index (χ3v) is 3.86. The fraction of sp³-hybridized carbons (Fsp3) is 0.786. The Morgan fingerprint density at radius 3 is 2.83 bits per heavy atom. The van der Waals surface area contributed by atoms with Crippen molar-refractivity contribution in [3.8, 4) is 0 Å². The first kappa shape index (κ1) is 15.4. The zero-order valence-corrected chi connectivity index (χ0v) is 12.6. The smallest absolute Gasteiger partial charge is 0.190 e. The van der Waals surface area contributed by atoms with Crippen LogP contribution in [0.25, 0.3) is 0 Å². The van der Waals surface area contributed by atoms with Crippen LogP contribution in [0, 0.1) is 0 Å². The van der Waals surface area contributed by atoms with Gasteiger partial charge in [-0.05, 0) is 50.5 Å². The van der Waals surface area contributed by atoms with Gasteiger partial charge in [0, 0.05) is 20.1 Å². The molecule has 1 aliphatic rings. The van der Waals surface area contributed by atoms with E-state index in [1.54, 1.807) is 5.57 Å². The molecule has 1 aliphatic carbocycles. The summed E-state index contributed by atoms with van der Waals surface area (Å²) in [7, 11) is 1.84. The van der Waals surface area contributed by atoms with E-state index >= 15 is 0 Å². The van der Waals surface area contributed by atoms with Gasteiger partial charge in [-0.15, -0.1) is 0 Å². The average Bonchev–Trinajstić information content (AvgIpc) is 2.42. The molecule has 0 atom stereocenters. The van der Waals surface area contributed by atoms with Crippen molar-refractivity contribution in [3.05, 3.63) is 11.6 Å². The van der Waals surface area contributed by atoms with E-state index in [1.165, 1.54) is 37.9 Å². The number of hydrogen-bond acceptors (Lipinski definition) is 2. The Bertz CT molecular complexity index is 274. The number of guanidine groups is 1. The third-order valence-electron chi connectivity index (χ3n) is 3.16. The van der Waals surface area contributed by atoms with E-state index in [0.29, 0.717) is 0 Å². The Kier molecular flexibility index (Phi) is 8.82. The minimum absolute atomic E-state index is 0.938. The van der Waals surface area contributed by atoms with E-state index in [1.807, 2.05) is 18.8 Å². The van der Waals surface area contributed by atoms with Gasteiger partial charge in [0.2, 0.25) is 0 Å². The maximum Gasteiger partial charge on any atom is 0.190 e. The Labute approximate surface area is 116 Å². The lowest BCUT2D eigenvalue weighted by Crippen LogP contribution is -2.38. The van der Waals surface area contributed by atoms with Crippen LogP contribution in [0.1, 0.15) is 38.5 Å². The summed E-state index contributed by atoms with van der Waals surface area (Å²) in [6, 6.07) is 0. The van der Waals surface area contributed by atoms with Gasteiger partial charge in [0.25, 0.3) is 0 Å². The number of allylic oxidation sites excluding steroid dienone is 1. The van der Waals surface area contributed by atoms with Crippen LogP contribution in [0.4, 0.5) is 0 Å². The number of hydrogen-bond donors (Lipinski definition) is 2. The first-order valence-corrected chi connectivity index (χ1v) is 8.37. The number of rotatable bonds is 7. The van der Waals surface area contributed by atoms with Crippen LogP contribution >= 0.6 is 11.8 Å². The largest absolute Gasteiger partial charge is 0.356 e. The summed E-state index contributed by atoms with van der Waals surface area (Å²) in [5.41, 5.74) is 1.62. The molecule has 2 N–H and O–H groups in total. The molecule has 18 heavy (non-hydrogen) atoms. The van der Waals surface area contributed by atoms with Crippen LogP contribution in [-0.2, 0) is 0 Å². The van der Waals surface area contributed by atoms with Crippen LogP contribution in [0.3, 0.4) is 0 Å². The predicted molar refractivity (Wildman–Crippen MR) is 83.5 cm³/mol. The van der Waals surface area contributed by atoms with E-state index in [9.17, 15) is 0 Å². The van der Waals surface area contributed by atoms with Crippen LogP contribution in [0.15, 0.2) is 16.6 Å². The molecule has 0 heterocycles. The summed E-state index contributed by atoms with van der Waals surface area (Å²) in [5, 5.41) is 6.73. The molecular weight excluding hydrogens is 242 g/mol. The lowest BCUT2D eigenvalue weighted by Gasteiger charge is -2.15. The molecule has 0 saturated heterocycles. The molecule has 0 aromatic heterocycles. The number of nitrogens with one attached hydrogen (secondary N) is 2. The van der Waals surface area contributed by atoms with Gasteiger partial charge in [-0.3, -0.25) is 4.99 Å². The Balaban J connectivity index is 2.09. The highest BCUT2D eigenvalue weighted by atomic mass is 32.2. The Morgan fingerprint density at radius 1 is 1.33 bits per heavy atom. The topological polar surface area (TPSA) is 36.4 Å². The molecule has 0 aromatic carbocycles. The molecule has 1 rings (SSSR count). The van der Waals surface area contributed by atoms with Gasteiger partial charge >= 0.3 is 0 Å². The van der Waals surface area contributed by atoms with E-state index in [4.69, 9.17) is 0 Å². The number of nitrogens with zero attached hydrogens (tertiary/aromatic N) is 1. The maximum absolute atomic E-state index is 4.24. The summed E-state index contributed by atoms with van der Waals surface area (Å²) in [6.07, 6.45) is 12.2. The highest BCUT2D eigenvalue weighted by Gasteiger charge is 2.03. The third kappa shape index (κ3) is 6.94. The molecule has 0 fully saturated rings. The molecule has 0 aromatic rings. The van der Waals surface area contributed by atoms with Crippen LogP contribution in [0.5, 0.6) is 0 Å². The average molecular weight is 269 g/mol. The second-order valence-corrected chi connectivity index (χ2v) is 5.62. The van der Waals surface area contributed by atoms with Gasteiger partial charge in [0.1, 0.15) is 0 Å². The monoisotopic (exact) mass is 269 g/mol. The van der Waals surface area contributed by atoms with Crippen molar-refractivity contribution < 1.29 is 0 Å². The molecule has 0 radical (unpaired) electrons. The Hall–Kier alpha value is -0.640. The quantitative estimate of drug-likeness (QED) is 0.323. The van der Waals surface area contributed by atoms with Crippen LogP contribution < -0.4 is 10.6 Å². The summed E-state index contributed by atoms with van der Waals surface area (Å²) >= 11 is 1.89. The van der Waals surface area contributed by atoms with Crippen molar-refractivity contribution in [2.75, 3.05) is 32.1 Å². The normalized spacial score (nSPS) is 16.3. The van der Waals surface area contributed by atoms with Gasteiger partial charge in [-0.25, -0.2) is 0 Å². The predicted octanol–water partition coefficient (Wildman–Crippen LogP) is 2.80. The molecule has 3 nitrogen and oxygen atoms in total. The molecule has 0 unspecified atom stereocenters. The molecule has 0 bridgehead atoms. The van der Waals surface area contributed by atoms with Crippen molar-refractivity contribution in [1.82, 2.24) is 10.6 Å². The molecular formula is C14H27N3S. The van der Waals surface area contributed by atoms with Crippen molar-refractivity contribution in [3.63, 3.8) is 0 Å². The maximum atomic E-state index is 4.24. The highest BCUT2D eigenvalue weighted by Crippen LogP contribution is 2.19. The van der Waals surface area contributed by atoms with Crippen molar-refractivity contribution in [1.29, 1.82) is 0 Å². The lowest BCUT2D eigenvalue weighted by atomic mass is 9.97. The first-order valence-electron chi connectivity index (χ1n) is 6.98. The standard InChI is InChI=1S/C14H27N3S/c1-15-14(16-10-6-12-18-2)17-11-9-13-7-4-3-5-8-13/h7H,3-6,8-12H2,1-2H3,(H2,15,16,17). The highest BCUT2D eigenvalue weighted by molar-refractivity contribution is 7.98. The Morgan fingerprint density at radius 2 is 2.17 bits per heavy atom. The van der Waals surface area contributed by atoms with Gasteiger partial charge < -0.3 is 10.6 Å². The summed E-state index contributed by atoms with van der Waals surface area (Å²) in [5.74, 6) is 2.14. The van der Waals surface area contributed by atoms with Gasteiger partial charge in [-0.1, -0.05) is 11.6 Å². The molecule has 0 spiro atoms. The summed E-state index contributed by atoms with van der Waals surface area (Å²) in [6.45, 7) is 2.00. The summed E-state index contributed by atoms with van der Waals surface area (Å²) in [4.78, 5) is 4.24. The van der Waals surface area contributed by atoms with E-state index in [0.717, 1.165) is 25.5 Å². The molecule has 0 saturated carbocycles. The molecule has 0 amide bonds. The van der Waals surface area contributed by atoms with E-state index in [-0.39, 0.29) is 0 Å². The van der Waals surface area contributed by atoms with Crippen LogP contribution in [-0.4, -0.2) is 38.1 Å². The van der Waals surface area contributed by atoms with Gasteiger partial charge in [0.05, 0.1) is 0 Å². The number of thioether (sulfide) groups is 1. The fourth-order valence-corrected chi connectivity index (χ4v) is 2.55. The summed E-state index contributed by atoms with van der Waals surface area (Å²) < 4.78 is 0. The zero-order chi connectivity index (χ0) is 13.1. The van der Waals surface area contributed by atoms with Crippen molar-refractivity contribution in [2.45, 2.75) is 38.5 Å². The lowest BCUT2D eigenvalue weighted by molar-refractivity contribution is 0.665. The van der Waals surface area contributed by atoms with E-state index in [2.05, 4.69) is 28.0 Å². The van der Waals surface area contributed by atoms with Crippen molar-refractivity contribution in [2.24, 2.45) is 4.99 Å². The van der Waals surface area contributed by atoms with Gasteiger partial charge in [0.15, 0.2) is 5.96 Å². The van der Waals surface area contributed by atoms with Crippen molar-refractivity contribution >= 4 is 17.7 Å². The minimum atomic E-state index is 0.938.